The molecule has 0 bridgehead atoms. The van der Waals surface area contributed by atoms with Gasteiger partial charge in [0.05, 0.1) is 0 Å². The van der Waals surface area contributed by atoms with Crippen molar-refractivity contribution in [1.82, 2.24) is 14.9 Å². The molecule has 0 saturated carbocycles. The number of hydrogen-bond donors (Lipinski definition) is 0. The van der Waals surface area contributed by atoms with Gasteiger partial charge in [-0.3, -0.25) is 0 Å². The van der Waals surface area contributed by atoms with Gasteiger partial charge in [-0.25, -0.2) is 9.97 Å². The highest BCUT2D eigenvalue weighted by Gasteiger charge is 2.34. The van der Waals surface area contributed by atoms with Crippen molar-refractivity contribution in [3.63, 3.8) is 0 Å². The smallest absolute Gasteiger partial charge is 0.339 e. The van der Waals surface area contributed by atoms with Crippen molar-refractivity contribution in [2.45, 2.75) is 25.6 Å². The van der Waals surface area contributed by atoms with E-state index in [4.69, 9.17) is 0 Å². The van der Waals surface area contributed by atoms with E-state index >= 15 is 0 Å². The van der Waals surface area contributed by atoms with Crippen LogP contribution in [0.2, 0.25) is 0 Å². The Kier molecular flexibility index (Phi) is 3.93. The number of rotatable bonds is 3. The van der Waals surface area contributed by atoms with Crippen molar-refractivity contribution >= 4 is 5.95 Å². The molecular formula is C12H17F3N4. The van der Waals surface area contributed by atoms with Crippen LogP contribution in [0.1, 0.15) is 19.0 Å². The summed E-state index contributed by atoms with van der Waals surface area (Å²) in [5, 5.41) is 0. The third kappa shape index (κ3) is 3.15. The Labute approximate surface area is 110 Å². The number of likely N-dealkylation sites (N-methyl/N-ethyl adjacent to an activating group) is 1. The van der Waals surface area contributed by atoms with E-state index in [2.05, 4.69) is 21.8 Å². The third-order valence-corrected chi connectivity index (χ3v) is 3.50. The van der Waals surface area contributed by atoms with Gasteiger partial charge in [0.2, 0.25) is 5.95 Å². The summed E-state index contributed by atoms with van der Waals surface area (Å²) in [6.07, 6.45) is -2.33. The first-order valence-corrected chi connectivity index (χ1v) is 6.27. The molecule has 1 aromatic rings. The zero-order chi connectivity index (χ0) is 14.0. The Balaban J connectivity index is 2.12. The molecule has 1 atom stereocenters. The lowest BCUT2D eigenvalue weighted by Gasteiger charge is -2.23. The summed E-state index contributed by atoms with van der Waals surface area (Å²) < 4.78 is 37.8. The lowest BCUT2D eigenvalue weighted by Crippen LogP contribution is -2.34. The SMILES string of the molecule is CCN(C)C1CCN(c2nccc(C(F)(F)F)n2)C1. The van der Waals surface area contributed by atoms with Gasteiger partial charge in [-0.2, -0.15) is 13.2 Å². The Morgan fingerprint density at radius 1 is 1.47 bits per heavy atom. The molecule has 1 saturated heterocycles. The maximum absolute atomic E-state index is 12.6. The highest BCUT2D eigenvalue weighted by molar-refractivity contribution is 5.33. The first-order valence-electron chi connectivity index (χ1n) is 6.27. The van der Waals surface area contributed by atoms with Gasteiger partial charge in [0, 0.05) is 25.3 Å². The Hall–Kier alpha value is -1.37. The van der Waals surface area contributed by atoms with Crippen LogP contribution in [0.15, 0.2) is 12.3 Å². The number of hydrogen-bond acceptors (Lipinski definition) is 4. The standard InChI is InChI=1S/C12H17F3N4/c1-3-18(2)9-5-7-19(8-9)11-16-6-4-10(17-11)12(13,14)15/h4,6,9H,3,5,7-8H2,1-2H3. The van der Waals surface area contributed by atoms with Crippen LogP contribution < -0.4 is 4.90 Å². The van der Waals surface area contributed by atoms with Crippen LogP contribution in [0.4, 0.5) is 19.1 Å². The number of aromatic nitrogens is 2. The lowest BCUT2D eigenvalue weighted by molar-refractivity contribution is -0.141. The van der Waals surface area contributed by atoms with Gasteiger partial charge < -0.3 is 9.80 Å². The zero-order valence-corrected chi connectivity index (χ0v) is 11.0. The molecule has 0 radical (unpaired) electrons. The molecule has 0 aliphatic carbocycles. The molecule has 1 aliphatic heterocycles. The molecule has 2 heterocycles. The van der Waals surface area contributed by atoms with Crippen LogP contribution in [0, 0.1) is 0 Å². The van der Waals surface area contributed by atoms with Crippen LogP contribution in [0.3, 0.4) is 0 Å². The normalized spacial score (nSPS) is 20.3. The number of anilines is 1. The lowest BCUT2D eigenvalue weighted by atomic mass is 10.2. The van der Waals surface area contributed by atoms with Crippen molar-refractivity contribution < 1.29 is 13.2 Å². The second-order valence-corrected chi connectivity index (χ2v) is 4.70. The number of nitrogens with zero attached hydrogens (tertiary/aromatic N) is 4. The summed E-state index contributed by atoms with van der Waals surface area (Å²) in [5.41, 5.74) is -0.884. The van der Waals surface area contributed by atoms with Crippen LogP contribution >= 0.6 is 0 Å². The molecule has 1 aliphatic rings. The zero-order valence-electron chi connectivity index (χ0n) is 11.0. The molecule has 2 rings (SSSR count). The summed E-state index contributed by atoms with van der Waals surface area (Å²) in [4.78, 5) is 11.6. The maximum atomic E-state index is 12.6. The highest BCUT2D eigenvalue weighted by atomic mass is 19.4. The van der Waals surface area contributed by atoms with E-state index in [0.717, 1.165) is 19.0 Å². The molecule has 0 aromatic carbocycles. The molecule has 0 spiro atoms. The molecule has 19 heavy (non-hydrogen) atoms. The molecule has 1 unspecified atom stereocenters. The van der Waals surface area contributed by atoms with Crippen LogP contribution in [-0.4, -0.2) is 47.6 Å². The van der Waals surface area contributed by atoms with Crippen molar-refractivity contribution in [2.24, 2.45) is 0 Å². The topological polar surface area (TPSA) is 32.3 Å². The Bertz CT molecular complexity index is 435. The minimum atomic E-state index is -4.42. The molecule has 1 aromatic heterocycles. The van der Waals surface area contributed by atoms with Gasteiger partial charge in [0.1, 0.15) is 5.69 Å². The van der Waals surface area contributed by atoms with Crippen molar-refractivity contribution in [1.29, 1.82) is 0 Å². The summed E-state index contributed by atoms with van der Waals surface area (Å²) in [6, 6.07) is 1.25. The predicted octanol–water partition coefficient (Wildman–Crippen LogP) is 2.03. The minimum Gasteiger partial charge on any atom is -0.339 e. The van der Waals surface area contributed by atoms with Crippen LogP contribution in [0.25, 0.3) is 0 Å². The van der Waals surface area contributed by atoms with Gasteiger partial charge in [-0.15, -0.1) is 0 Å². The van der Waals surface area contributed by atoms with E-state index < -0.39 is 11.9 Å². The Morgan fingerprint density at radius 2 is 2.21 bits per heavy atom. The fourth-order valence-corrected chi connectivity index (χ4v) is 2.20. The second-order valence-electron chi connectivity index (χ2n) is 4.70. The maximum Gasteiger partial charge on any atom is 0.433 e. The monoisotopic (exact) mass is 274 g/mol. The van der Waals surface area contributed by atoms with Gasteiger partial charge >= 0.3 is 6.18 Å². The van der Waals surface area contributed by atoms with Gasteiger partial charge in [0.15, 0.2) is 0 Å². The summed E-state index contributed by atoms with van der Waals surface area (Å²) in [7, 11) is 2.02. The summed E-state index contributed by atoms with van der Waals surface area (Å²) >= 11 is 0. The quantitative estimate of drug-likeness (QED) is 0.844. The summed E-state index contributed by atoms with van der Waals surface area (Å²) in [6.45, 7) is 4.34. The molecule has 0 amide bonds. The van der Waals surface area contributed by atoms with E-state index in [9.17, 15) is 13.2 Å². The molecule has 1 fully saturated rings. The molecule has 0 N–H and O–H groups in total. The predicted molar refractivity (Wildman–Crippen MR) is 66.0 cm³/mol. The van der Waals surface area contributed by atoms with Crippen molar-refractivity contribution in [2.75, 3.05) is 31.6 Å². The fraction of sp³-hybridized carbons (Fsp3) is 0.667. The van der Waals surface area contributed by atoms with Crippen LogP contribution in [-0.2, 0) is 6.18 Å². The average Bonchev–Trinajstić information content (AvgIpc) is 2.86. The van der Waals surface area contributed by atoms with Crippen molar-refractivity contribution in [3.8, 4) is 0 Å². The second kappa shape index (κ2) is 5.32. The van der Waals surface area contributed by atoms with E-state index in [1.165, 1.54) is 6.20 Å². The molecule has 106 valence electrons. The van der Waals surface area contributed by atoms with E-state index in [1.807, 2.05) is 11.9 Å². The largest absolute Gasteiger partial charge is 0.433 e. The van der Waals surface area contributed by atoms with Gasteiger partial charge in [-0.1, -0.05) is 6.92 Å². The molecule has 4 nitrogen and oxygen atoms in total. The minimum absolute atomic E-state index is 0.168. The first kappa shape index (κ1) is 14.0. The van der Waals surface area contributed by atoms with Crippen molar-refractivity contribution in [3.05, 3.63) is 18.0 Å². The van der Waals surface area contributed by atoms with Gasteiger partial charge in [-0.05, 0) is 26.1 Å². The first-order chi connectivity index (χ1) is 8.91. The van der Waals surface area contributed by atoms with E-state index in [1.54, 1.807) is 0 Å². The van der Waals surface area contributed by atoms with Gasteiger partial charge in [0.25, 0.3) is 0 Å². The van der Waals surface area contributed by atoms with E-state index in [-0.39, 0.29) is 5.95 Å². The molecular weight excluding hydrogens is 257 g/mol. The van der Waals surface area contributed by atoms with E-state index in [0.29, 0.717) is 19.1 Å². The average molecular weight is 274 g/mol. The Morgan fingerprint density at radius 3 is 2.84 bits per heavy atom. The summed E-state index contributed by atoms with van der Waals surface area (Å²) in [5.74, 6) is 0.168. The van der Waals surface area contributed by atoms with Crippen LogP contribution in [0.5, 0.6) is 0 Å². The molecule has 7 heteroatoms. The highest BCUT2D eigenvalue weighted by Crippen LogP contribution is 2.29. The number of halogens is 3. The number of alkyl halides is 3. The third-order valence-electron chi connectivity index (χ3n) is 3.50. The fourth-order valence-electron chi connectivity index (χ4n) is 2.20.